The summed E-state index contributed by atoms with van der Waals surface area (Å²) in [5.74, 6) is 0.349. The van der Waals surface area contributed by atoms with E-state index in [1.807, 2.05) is 0 Å². The summed E-state index contributed by atoms with van der Waals surface area (Å²) in [6.45, 7) is 10.3. The predicted octanol–water partition coefficient (Wildman–Crippen LogP) is 1.82. The molecule has 1 heterocycles. The summed E-state index contributed by atoms with van der Waals surface area (Å²) in [5.41, 5.74) is 1.39. The van der Waals surface area contributed by atoms with Gasteiger partial charge in [-0.05, 0) is 11.5 Å². The van der Waals surface area contributed by atoms with Crippen molar-refractivity contribution in [2.75, 3.05) is 32.7 Å². The van der Waals surface area contributed by atoms with Crippen LogP contribution in [0.2, 0.25) is 0 Å². The lowest BCUT2D eigenvalue weighted by Crippen LogP contribution is -2.48. The highest BCUT2D eigenvalue weighted by Crippen LogP contribution is 2.10. The van der Waals surface area contributed by atoms with Gasteiger partial charge < -0.3 is 5.11 Å². The van der Waals surface area contributed by atoms with E-state index in [4.69, 9.17) is 0 Å². The second-order valence-corrected chi connectivity index (χ2v) is 5.87. The molecule has 0 bridgehead atoms. The number of aliphatic hydroxyl groups excluding tert-OH is 1. The Balaban J connectivity index is 1.73. The number of piperazine rings is 1. The molecule has 19 heavy (non-hydrogen) atoms. The van der Waals surface area contributed by atoms with E-state index in [2.05, 4.69) is 54.0 Å². The maximum atomic E-state index is 9.92. The van der Waals surface area contributed by atoms with Crippen LogP contribution in [0, 0.1) is 5.92 Å². The van der Waals surface area contributed by atoms with Crippen molar-refractivity contribution in [3.05, 3.63) is 35.9 Å². The molecule has 2 rings (SSSR count). The lowest BCUT2D eigenvalue weighted by Gasteiger charge is -2.36. The van der Waals surface area contributed by atoms with Crippen molar-refractivity contribution < 1.29 is 5.11 Å². The van der Waals surface area contributed by atoms with Crippen molar-refractivity contribution in [2.45, 2.75) is 26.5 Å². The van der Waals surface area contributed by atoms with Gasteiger partial charge in [0.1, 0.15) is 0 Å². The summed E-state index contributed by atoms with van der Waals surface area (Å²) < 4.78 is 0. The van der Waals surface area contributed by atoms with Crippen molar-refractivity contribution in [1.29, 1.82) is 0 Å². The standard InChI is InChI=1S/C16H26N2O/c1-14(2)16(19)13-18-10-8-17(9-11-18)12-15-6-4-3-5-7-15/h3-7,14,16,19H,8-13H2,1-2H3. The number of hydrogen-bond acceptors (Lipinski definition) is 3. The van der Waals surface area contributed by atoms with Crippen LogP contribution in [-0.4, -0.2) is 53.7 Å². The van der Waals surface area contributed by atoms with Crippen molar-refractivity contribution >= 4 is 0 Å². The van der Waals surface area contributed by atoms with Gasteiger partial charge in [0.05, 0.1) is 6.10 Å². The topological polar surface area (TPSA) is 26.7 Å². The van der Waals surface area contributed by atoms with Crippen molar-refractivity contribution in [1.82, 2.24) is 9.80 Å². The third kappa shape index (κ3) is 4.60. The number of rotatable bonds is 5. The van der Waals surface area contributed by atoms with Gasteiger partial charge in [0.15, 0.2) is 0 Å². The third-order valence-electron chi connectivity index (χ3n) is 3.93. The van der Waals surface area contributed by atoms with Crippen LogP contribution in [0.4, 0.5) is 0 Å². The third-order valence-corrected chi connectivity index (χ3v) is 3.93. The fourth-order valence-corrected chi connectivity index (χ4v) is 2.45. The van der Waals surface area contributed by atoms with Crippen LogP contribution in [0.5, 0.6) is 0 Å². The first-order valence-corrected chi connectivity index (χ1v) is 7.32. The van der Waals surface area contributed by atoms with Crippen LogP contribution in [0.1, 0.15) is 19.4 Å². The number of aliphatic hydroxyl groups is 1. The first kappa shape index (κ1) is 14.5. The largest absolute Gasteiger partial charge is 0.392 e. The molecule has 1 aliphatic rings. The zero-order valence-corrected chi connectivity index (χ0v) is 12.1. The highest BCUT2D eigenvalue weighted by Gasteiger charge is 2.20. The zero-order chi connectivity index (χ0) is 13.7. The van der Waals surface area contributed by atoms with E-state index in [0.29, 0.717) is 5.92 Å². The lowest BCUT2D eigenvalue weighted by atomic mass is 10.1. The summed E-state index contributed by atoms with van der Waals surface area (Å²) >= 11 is 0. The average molecular weight is 262 g/mol. The molecule has 1 unspecified atom stereocenters. The first-order valence-electron chi connectivity index (χ1n) is 7.32. The Bertz CT molecular complexity index is 358. The van der Waals surface area contributed by atoms with E-state index in [1.165, 1.54) is 5.56 Å². The molecule has 1 saturated heterocycles. The minimum Gasteiger partial charge on any atom is -0.392 e. The van der Waals surface area contributed by atoms with Gasteiger partial charge in [-0.15, -0.1) is 0 Å². The molecule has 1 fully saturated rings. The summed E-state index contributed by atoms with van der Waals surface area (Å²) in [6.07, 6.45) is -0.194. The molecule has 1 aromatic rings. The molecular weight excluding hydrogens is 236 g/mol. The van der Waals surface area contributed by atoms with Crippen molar-refractivity contribution in [2.24, 2.45) is 5.92 Å². The number of β-amino-alcohol motifs (C(OH)–C–C–N with tert-alkyl or cyclic N) is 1. The van der Waals surface area contributed by atoms with Gasteiger partial charge >= 0.3 is 0 Å². The lowest BCUT2D eigenvalue weighted by molar-refractivity contribution is 0.0481. The molecule has 1 aliphatic heterocycles. The van der Waals surface area contributed by atoms with E-state index in [0.717, 1.165) is 39.3 Å². The Morgan fingerprint density at radius 1 is 1.00 bits per heavy atom. The molecule has 0 amide bonds. The van der Waals surface area contributed by atoms with Gasteiger partial charge in [0, 0.05) is 39.3 Å². The fourth-order valence-electron chi connectivity index (χ4n) is 2.45. The molecule has 1 aromatic carbocycles. The average Bonchev–Trinajstić information content (AvgIpc) is 2.42. The molecule has 0 spiro atoms. The van der Waals surface area contributed by atoms with E-state index >= 15 is 0 Å². The summed E-state index contributed by atoms with van der Waals surface area (Å²) in [4.78, 5) is 4.87. The van der Waals surface area contributed by atoms with Crippen molar-refractivity contribution in [3.8, 4) is 0 Å². The monoisotopic (exact) mass is 262 g/mol. The molecule has 3 nitrogen and oxygen atoms in total. The molecule has 1 atom stereocenters. The Morgan fingerprint density at radius 2 is 1.58 bits per heavy atom. The maximum Gasteiger partial charge on any atom is 0.0689 e. The minimum absolute atomic E-state index is 0.194. The number of hydrogen-bond donors (Lipinski definition) is 1. The van der Waals surface area contributed by atoms with Gasteiger partial charge in [-0.1, -0.05) is 44.2 Å². The molecule has 0 aromatic heterocycles. The van der Waals surface area contributed by atoms with E-state index in [-0.39, 0.29) is 6.10 Å². The summed E-state index contributed by atoms with van der Waals surface area (Å²) in [5, 5.41) is 9.92. The van der Waals surface area contributed by atoms with E-state index in [1.54, 1.807) is 0 Å². The highest BCUT2D eigenvalue weighted by molar-refractivity contribution is 5.14. The Kier molecular flexibility index (Phi) is 5.37. The fraction of sp³-hybridized carbons (Fsp3) is 0.625. The normalized spacial score (nSPS) is 19.8. The SMILES string of the molecule is CC(C)C(O)CN1CCN(Cc2ccccc2)CC1. The van der Waals surface area contributed by atoms with E-state index in [9.17, 15) is 5.11 Å². The van der Waals surface area contributed by atoms with Gasteiger partial charge in [-0.3, -0.25) is 9.80 Å². The van der Waals surface area contributed by atoms with Crippen LogP contribution < -0.4 is 0 Å². The molecule has 3 heteroatoms. The van der Waals surface area contributed by atoms with Crippen LogP contribution in [0.25, 0.3) is 0 Å². The first-order chi connectivity index (χ1) is 9.15. The highest BCUT2D eigenvalue weighted by atomic mass is 16.3. The molecule has 0 aliphatic carbocycles. The number of nitrogens with zero attached hydrogens (tertiary/aromatic N) is 2. The smallest absolute Gasteiger partial charge is 0.0689 e. The van der Waals surface area contributed by atoms with Crippen LogP contribution in [0.15, 0.2) is 30.3 Å². The quantitative estimate of drug-likeness (QED) is 0.877. The minimum atomic E-state index is -0.194. The second-order valence-electron chi connectivity index (χ2n) is 5.87. The van der Waals surface area contributed by atoms with Gasteiger partial charge in [0.2, 0.25) is 0 Å². The summed E-state index contributed by atoms with van der Waals surface area (Å²) in [7, 11) is 0. The van der Waals surface area contributed by atoms with Gasteiger partial charge in [0.25, 0.3) is 0 Å². The molecule has 106 valence electrons. The Morgan fingerprint density at radius 3 is 2.16 bits per heavy atom. The zero-order valence-electron chi connectivity index (χ0n) is 12.1. The molecule has 0 saturated carbocycles. The second kappa shape index (κ2) is 7.04. The molecule has 1 N–H and O–H groups in total. The maximum absolute atomic E-state index is 9.92. The predicted molar refractivity (Wildman–Crippen MR) is 79.0 cm³/mol. The van der Waals surface area contributed by atoms with E-state index < -0.39 is 0 Å². The van der Waals surface area contributed by atoms with Gasteiger partial charge in [-0.25, -0.2) is 0 Å². The van der Waals surface area contributed by atoms with Crippen LogP contribution >= 0.6 is 0 Å². The van der Waals surface area contributed by atoms with Crippen molar-refractivity contribution in [3.63, 3.8) is 0 Å². The molecular formula is C16H26N2O. The molecule has 0 radical (unpaired) electrons. The van der Waals surface area contributed by atoms with Crippen LogP contribution in [0.3, 0.4) is 0 Å². The summed E-state index contributed by atoms with van der Waals surface area (Å²) in [6, 6.07) is 10.6. The van der Waals surface area contributed by atoms with Crippen LogP contribution in [-0.2, 0) is 6.54 Å². The Labute approximate surface area is 116 Å². The Hall–Kier alpha value is -0.900. The number of benzene rings is 1. The van der Waals surface area contributed by atoms with Gasteiger partial charge in [-0.2, -0.15) is 0 Å².